The second kappa shape index (κ2) is 6.76. The molecule has 1 amide bonds. The summed E-state index contributed by atoms with van der Waals surface area (Å²) in [6.07, 6.45) is 5.42. The summed E-state index contributed by atoms with van der Waals surface area (Å²) >= 11 is 3.19. The summed E-state index contributed by atoms with van der Waals surface area (Å²) in [5.74, 6) is 0.197. The Morgan fingerprint density at radius 3 is 2.92 bits per heavy atom. The van der Waals surface area contributed by atoms with Gasteiger partial charge in [0.1, 0.15) is 16.2 Å². The molecule has 2 aliphatic rings. The SMILES string of the molecule is C[C@H](Sc1ncnc2sc3c(c12)CCC3)C(=O)N(C)[C@@H]1CCS(=O)(=O)C1. The molecule has 1 saturated heterocycles. The highest BCUT2D eigenvalue weighted by molar-refractivity contribution is 8.00. The lowest BCUT2D eigenvalue weighted by molar-refractivity contribution is -0.130. The van der Waals surface area contributed by atoms with E-state index < -0.39 is 9.84 Å². The van der Waals surface area contributed by atoms with Crippen molar-refractivity contribution in [2.75, 3.05) is 18.6 Å². The third-order valence-corrected chi connectivity index (χ3v) is 9.24. The lowest BCUT2D eigenvalue weighted by atomic mass is 10.2. The van der Waals surface area contributed by atoms with Crippen LogP contribution in [0.2, 0.25) is 0 Å². The molecule has 4 rings (SSSR count). The highest BCUT2D eigenvalue weighted by Gasteiger charge is 2.34. The Kier molecular flexibility index (Phi) is 4.73. The van der Waals surface area contributed by atoms with Gasteiger partial charge in [-0.3, -0.25) is 4.79 Å². The second-order valence-corrected chi connectivity index (χ2v) is 11.6. The molecule has 0 aromatic carbocycles. The molecule has 6 nitrogen and oxygen atoms in total. The minimum atomic E-state index is -3.01. The van der Waals surface area contributed by atoms with Crippen LogP contribution in [0.3, 0.4) is 0 Å². The average Bonchev–Trinajstić information content (AvgIpc) is 3.27. The van der Waals surface area contributed by atoms with Gasteiger partial charge in [0.25, 0.3) is 0 Å². The number of amides is 1. The molecule has 140 valence electrons. The number of carbonyl (C=O) groups is 1. The number of rotatable bonds is 4. The van der Waals surface area contributed by atoms with E-state index in [-0.39, 0.29) is 28.7 Å². The first-order valence-corrected chi connectivity index (χ1v) is 12.3. The lowest BCUT2D eigenvalue weighted by Gasteiger charge is -2.26. The zero-order valence-corrected chi connectivity index (χ0v) is 17.2. The fraction of sp³-hybridized carbons (Fsp3) is 0.588. The fourth-order valence-corrected chi connectivity index (χ4v) is 7.87. The number of sulfone groups is 1. The quantitative estimate of drug-likeness (QED) is 0.567. The Labute approximate surface area is 161 Å². The van der Waals surface area contributed by atoms with E-state index in [0.29, 0.717) is 6.42 Å². The number of thiophene rings is 1. The predicted molar refractivity (Wildman–Crippen MR) is 105 cm³/mol. The maximum atomic E-state index is 12.8. The molecule has 0 spiro atoms. The smallest absolute Gasteiger partial charge is 0.235 e. The molecule has 2 aromatic rings. The van der Waals surface area contributed by atoms with Gasteiger partial charge in [-0.25, -0.2) is 18.4 Å². The van der Waals surface area contributed by atoms with E-state index in [2.05, 4.69) is 9.97 Å². The Bertz CT molecular complexity index is 970. The normalized spacial score (nSPS) is 22.5. The Hall–Kier alpha value is -1.19. The molecule has 1 aliphatic heterocycles. The highest BCUT2D eigenvalue weighted by atomic mass is 32.2. The average molecular weight is 412 g/mol. The molecular weight excluding hydrogens is 390 g/mol. The van der Waals surface area contributed by atoms with Gasteiger partial charge in [-0.2, -0.15) is 0 Å². The lowest BCUT2D eigenvalue weighted by Crippen LogP contribution is -2.41. The van der Waals surface area contributed by atoms with Crippen LogP contribution in [0.25, 0.3) is 10.2 Å². The molecule has 3 heterocycles. The molecule has 9 heteroatoms. The van der Waals surface area contributed by atoms with Crippen LogP contribution in [0.15, 0.2) is 11.4 Å². The summed E-state index contributed by atoms with van der Waals surface area (Å²) < 4.78 is 23.4. The van der Waals surface area contributed by atoms with E-state index in [1.807, 2.05) is 6.92 Å². The third-order valence-electron chi connectivity index (χ3n) is 5.21. The van der Waals surface area contributed by atoms with Gasteiger partial charge in [-0.05, 0) is 38.2 Å². The molecule has 2 atom stereocenters. The van der Waals surface area contributed by atoms with Crippen molar-refractivity contribution in [3.05, 3.63) is 16.8 Å². The van der Waals surface area contributed by atoms with Gasteiger partial charge in [0.15, 0.2) is 9.84 Å². The van der Waals surface area contributed by atoms with E-state index >= 15 is 0 Å². The van der Waals surface area contributed by atoms with Crippen LogP contribution in [-0.4, -0.2) is 59.0 Å². The monoisotopic (exact) mass is 411 g/mol. The van der Waals surface area contributed by atoms with Crippen LogP contribution in [0.1, 0.15) is 30.2 Å². The number of thioether (sulfide) groups is 1. The zero-order valence-electron chi connectivity index (χ0n) is 14.8. The van der Waals surface area contributed by atoms with Crippen LogP contribution in [-0.2, 0) is 27.5 Å². The third kappa shape index (κ3) is 3.25. The van der Waals surface area contributed by atoms with Crippen LogP contribution >= 0.6 is 23.1 Å². The van der Waals surface area contributed by atoms with Crippen molar-refractivity contribution < 1.29 is 13.2 Å². The van der Waals surface area contributed by atoms with Crippen LogP contribution < -0.4 is 0 Å². The molecule has 0 bridgehead atoms. The highest BCUT2D eigenvalue weighted by Crippen LogP contribution is 2.41. The molecule has 26 heavy (non-hydrogen) atoms. The van der Waals surface area contributed by atoms with Gasteiger partial charge < -0.3 is 4.90 Å². The van der Waals surface area contributed by atoms with Crippen molar-refractivity contribution in [2.24, 2.45) is 0 Å². The summed E-state index contributed by atoms with van der Waals surface area (Å²) in [6, 6.07) is -0.216. The van der Waals surface area contributed by atoms with E-state index in [1.54, 1.807) is 29.6 Å². The van der Waals surface area contributed by atoms with Gasteiger partial charge in [0.2, 0.25) is 5.91 Å². The predicted octanol–water partition coefficient (Wildman–Crippen LogP) is 2.31. The summed E-state index contributed by atoms with van der Waals surface area (Å²) in [6.45, 7) is 1.87. The van der Waals surface area contributed by atoms with Crippen molar-refractivity contribution in [1.29, 1.82) is 0 Å². The van der Waals surface area contributed by atoms with Gasteiger partial charge >= 0.3 is 0 Å². The number of aromatic nitrogens is 2. The van der Waals surface area contributed by atoms with Crippen LogP contribution in [0, 0.1) is 0 Å². The second-order valence-electron chi connectivity index (χ2n) is 6.98. The molecule has 2 aromatic heterocycles. The number of aryl methyl sites for hydroxylation is 2. The van der Waals surface area contributed by atoms with Crippen LogP contribution in [0.5, 0.6) is 0 Å². The van der Waals surface area contributed by atoms with Gasteiger partial charge in [-0.15, -0.1) is 11.3 Å². The Morgan fingerprint density at radius 1 is 1.38 bits per heavy atom. The zero-order chi connectivity index (χ0) is 18.5. The van der Waals surface area contributed by atoms with Gasteiger partial charge in [-0.1, -0.05) is 11.8 Å². The minimum absolute atomic E-state index is 0.0456. The van der Waals surface area contributed by atoms with Crippen molar-refractivity contribution in [1.82, 2.24) is 14.9 Å². The maximum Gasteiger partial charge on any atom is 0.235 e. The van der Waals surface area contributed by atoms with E-state index in [4.69, 9.17) is 0 Å². The van der Waals surface area contributed by atoms with Crippen LogP contribution in [0.4, 0.5) is 0 Å². The molecule has 0 radical (unpaired) electrons. The number of nitrogens with zero attached hydrogens (tertiary/aromatic N) is 3. The first-order valence-electron chi connectivity index (χ1n) is 8.75. The number of fused-ring (bicyclic) bond motifs is 3. The molecular formula is C17H21N3O3S3. The molecule has 0 unspecified atom stereocenters. The van der Waals surface area contributed by atoms with Gasteiger partial charge in [0.05, 0.1) is 16.8 Å². The van der Waals surface area contributed by atoms with Gasteiger partial charge in [0, 0.05) is 23.4 Å². The number of hydrogen-bond donors (Lipinski definition) is 0. The molecule has 1 fully saturated rings. The first kappa shape index (κ1) is 18.2. The first-order chi connectivity index (χ1) is 12.4. The van der Waals surface area contributed by atoms with Crippen molar-refractivity contribution >= 4 is 49.1 Å². The standard InChI is InChI=1S/C17H21N3O3S3/c1-10(17(21)20(2)11-6-7-26(22,23)8-11)24-15-14-12-4-3-5-13(12)25-16(14)19-9-18-15/h9-11H,3-8H2,1-2H3/t10-,11+/m0/s1. The topological polar surface area (TPSA) is 80.2 Å². The maximum absolute atomic E-state index is 12.8. The van der Waals surface area contributed by atoms with E-state index in [9.17, 15) is 13.2 Å². The van der Waals surface area contributed by atoms with E-state index in [0.717, 1.165) is 28.1 Å². The molecule has 0 saturated carbocycles. The Morgan fingerprint density at radius 2 is 2.19 bits per heavy atom. The summed E-state index contributed by atoms with van der Waals surface area (Å²) in [4.78, 5) is 25.7. The molecule has 0 N–H and O–H groups in total. The van der Waals surface area contributed by atoms with E-state index in [1.165, 1.54) is 28.6 Å². The Balaban J connectivity index is 1.54. The summed E-state index contributed by atoms with van der Waals surface area (Å²) in [5, 5.41) is 1.65. The van der Waals surface area contributed by atoms with Crippen molar-refractivity contribution in [3.8, 4) is 0 Å². The van der Waals surface area contributed by atoms with Crippen molar-refractivity contribution in [3.63, 3.8) is 0 Å². The molecule has 1 aliphatic carbocycles. The summed E-state index contributed by atoms with van der Waals surface area (Å²) in [5.41, 5.74) is 1.35. The summed E-state index contributed by atoms with van der Waals surface area (Å²) in [7, 11) is -1.30. The largest absolute Gasteiger partial charge is 0.341 e. The van der Waals surface area contributed by atoms with Crippen molar-refractivity contribution in [2.45, 2.75) is 48.9 Å². The minimum Gasteiger partial charge on any atom is -0.341 e. The fourth-order valence-electron chi connectivity index (χ4n) is 3.75. The number of carbonyl (C=O) groups excluding carboxylic acids is 1. The number of hydrogen-bond acceptors (Lipinski definition) is 7.